The predicted molar refractivity (Wildman–Crippen MR) is 51.4 cm³/mol. The summed E-state index contributed by atoms with van der Waals surface area (Å²) in [5.74, 6) is 0. The Kier molecular flexibility index (Phi) is 6.18. The summed E-state index contributed by atoms with van der Waals surface area (Å²) < 4.78 is 21.0. The van der Waals surface area contributed by atoms with E-state index >= 15 is 0 Å². The normalized spacial score (nSPS) is 12.1. The molecule has 0 aromatic carbocycles. The van der Waals surface area contributed by atoms with Gasteiger partial charge >= 0.3 is 7.60 Å². The molecule has 78 valence electrons. The summed E-state index contributed by atoms with van der Waals surface area (Å²) in [6.45, 7) is 3.39. The van der Waals surface area contributed by atoms with E-state index in [1.807, 2.05) is 0 Å². The van der Waals surface area contributed by atoms with Gasteiger partial charge in [0.05, 0.1) is 13.2 Å². The number of carbonyl (C=O) groups excluding carboxylic acids is 1. The molecular formula is C6H11Cl2O4P. The lowest BCUT2D eigenvalue weighted by atomic mass is 10.9. The van der Waals surface area contributed by atoms with Gasteiger partial charge in [-0.2, -0.15) is 0 Å². The van der Waals surface area contributed by atoms with Crippen LogP contribution < -0.4 is 0 Å². The molecule has 0 aliphatic carbocycles. The van der Waals surface area contributed by atoms with Crippen molar-refractivity contribution in [3.63, 3.8) is 0 Å². The molecule has 7 heteroatoms. The first kappa shape index (κ1) is 13.4. The molecule has 0 aliphatic rings. The van der Waals surface area contributed by atoms with E-state index in [0.29, 0.717) is 0 Å². The minimum atomic E-state index is -3.77. The van der Waals surface area contributed by atoms with Crippen molar-refractivity contribution in [3.05, 3.63) is 0 Å². The Labute approximate surface area is 87.0 Å². The highest BCUT2D eigenvalue weighted by Gasteiger charge is 2.37. The molecule has 0 N–H and O–H groups in total. The minimum Gasteiger partial charge on any atom is -0.303 e. The van der Waals surface area contributed by atoms with Gasteiger partial charge in [0.2, 0.25) is 0 Å². The van der Waals surface area contributed by atoms with Gasteiger partial charge in [0.1, 0.15) is 0 Å². The van der Waals surface area contributed by atoms with Crippen molar-refractivity contribution >= 4 is 36.3 Å². The Morgan fingerprint density at radius 1 is 1.31 bits per heavy atom. The summed E-state index contributed by atoms with van der Waals surface area (Å²) in [6.07, 6.45) is 0. The second-order valence-corrected chi connectivity index (χ2v) is 5.02. The van der Waals surface area contributed by atoms with Crippen molar-refractivity contribution in [1.29, 1.82) is 0 Å². The van der Waals surface area contributed by atoms with Crippen LogP contribution in [0.5, 0.6) is 0 Å². The molecule has 0 unspecified atom stereocenters. The molecule has 0 amide bonds. The third-order valence-corrected chi connectivity index (χ3v) is 3.75. The smallest absolute Gasteiger partial charge is 0.303 e. The Morgan fingerprint density at radius 3 is 1.92 bits per heavy atom. The Bertz CT molecular complexity index is 209. The molecule has 0 bridgehead atoms. The molecule has 0 spiro atoms. The van der Waals surface area contributed by atoms with Crippen LogP contribution in [0.3, 0.4) is 0 Å². The highest BCUT2D eigenvalue weighted by atomic mass is 35.5. The van der Waals surface area contributed by atoms with Gasteiger partial charge in [-0.3, -0.25) is 9.36 Å². The van der Waals surface area contributed by atoms with E-state index in [9.17, 15) is 9.36 Å². The van der Waals surface area contributed by atoms with Crippen LogP contribution in [0.25, 0.3) is 0 Å². The summed E-state index contributed by atoms with van der Waals surface area (Å²) >= 11 is 10.5. The number of halogens is 2. The lowest BCUT2D eigenvalue weighted by Gasteiger charge is -2.15. The van der Waals surface area contributed by atoms with E-state index in [1.165, 1.54) is 0 Å². The topological polar surface area (TPSA) is 52.6 Å². The monoisotopic (exact) mass is 248 g/mol. The average Bonchev–Trinajstić information content (AvgIpc) is 2.03. The summed E-state index contributed by atoms with van der Waals surface area (Å²) in [7, 11) is -3.77. The standard InChI is InChI=1S/C6H11Cl2O4P/c1-3-11-13(10,12-4-2)6(9)5(7)8/h5H,3-4H2,1-2H3. The van der Waals surface area contributed by atoms with Gasteiger partial charge in [0.25, 0.3) is 5.52 Å². The van der Waals surface area contributed by atoms with Crippen LogP contribution in [0.15, 0.2) is 0 Å². The molecule has 0 atom stereocenters. The first-order valence-electron chi connectivity index (χ1n) is 3.69. The predicted octanol–water partition coefficient (Wildman–Crippen LogP) is 2.58. The second kappa shape index (κ2) is 5.99. The number of hydrogen-bond donors (Lipinski definition) is 0. The summed E-state index contributed by atoms with van der Waals surface area (Å²) in [5.41, 5.74) is -0.917. The number of hydrogen-bond acceptors (Lipinski definition) is 4. The second-order valence-electron chi connectivity index (χ2n) is 1.97. The lowest BCUT2D eigenvalue weighted by molar-refractivity contribution is -0.112. The maximum Gasteiger partial charge on any atom is 0.399 e. The van der Waals surface area contributed by atoms with E-state index in [2.05, 4.69) is 0 Å². The molecule has 4 nitrogen and oxygen atoms in total. The zero-order valence-corrected chi connectivity index (χ0v) is 9.73. The molecule has 0 fully saturated rings. The fourth-order valence-electron chi connectivity index (χ4n) is 0.624. The van der Waals surface area contributed by atoms with Crippen molar-refractivity contribution in [2.75, 3.05) is 13.2 Å². The van der Waals surface area contributed by atoms with Gasteiger partial charge in [-0.1, -0.05) is 23.2 Å². The molecule has 0 radical (unpaired) electrons. The highest BCUT2D eigenvalue weighted by Crippen LogP contribution is 2.51. The van der Waals surface area contributed by atoms with Gasteiger partial charge in [-0.25, -0.2) is 0 Å². The molecule has 0 rings (SSSR count). The number of rotatable bonds is 6. The van der Waals surface area contributed by atoms with E-state index < -0.39 is 18.0 Å². The van der Waals surface area contributed by atoms with Crippen LogP contribution in [-0.4, -0.2) is 23.6 Å². The number of alkyl halides is 2. The van der Waals surface area contributed by atoms with Crippen molar-refractivity contribution in [3.8, 4) is 0 Å². The molecular weight excluding hydrogens is 238 g/mol. The quantitative estimate of drug-likeness (QED) is 0.536. The summed E-state index contributed by atoms with van der Waals surface area (Å²) in [6, 6.07) is 0. The largest absolute Gasteiger partial charge is 0.399 e. The Morgan fingerprint density at radius 2 is 1.69 bits per heavy atom. The van der Waals surface area contributed by atoms with Crippen LogP contribution in [-0.2, 0) is 18.4 Å². The van der Waals surface area contributed by atoms with Crippen molar-refractivity contribution < 1.29 is 18.4 Å². The third-order valence-electron chi connectivity index (χ3n) is 1.05. The van der Waals surface area contributed by atoms with E-state index in [0.717, 1.165) is 0 Å². The zero-order chi connectivity index (χ0) is 10.5. The molecule has 0 aromatic heterocycles. The first-order chi connectivity index (χ1) is 5.98. The Hall–Kier alpha value is 0.400. The zero-order valence-electron chi connectivity index (χ0n) is 7.33. The summed E-state index contributed by atoms with van der Waals surface area (Å²) in [5, 5.41) is 0. The van der Waals surface area contributed by atoms with Gasteiger partial charge in [-0.15, -0.1) is 0 Å². The van der Waals surface area contributed by atoms with Crippen LogP contribution in [0.4, 0.5) is 0 Å². The van der Waals surface area contributed by atoms with Crippen molar-refractivity contribution in [1.82, 2.24) is 0 Å². The molecule has 0 aromatic rings. The van der Waals surface area contributed by atoms with Crippen LogP contribution in [0, 0.1) is 0 Å². The maximum absolute atomic E-state index is 11.6. The van der Waals surface area contributed by atoms with Gasteiger partial charge in [0.15, 0.2) is 4.84 Å². The summed E-state index contributed by atoms with van der Waals surface area (Å²) in [4.78, 5) is 9.78. The van der Waals surface area contributed by atoms with Crippen molar-refractivity contribution in [2.24, 2.45) is 0 Å². The molecule has 0 saturated heterocycles. The molecule has 13 heavy (non-hydrogen) atoms. The molecule has 0 heterocycles. The SMILES string of the molecule is CCOP(=O)(OCC)C(=O)C(Cl)Cl. The minimum absolute atomic E-state index is 0.101. The Balaban J connectivity index is 4.58. The highest BCUT2D eigenvalue weighted by molar-refractivity contribution is 7.72. The fraction of sp³-hybridized carbons (Fsp3) is 0.833. The van der Waals surface area contributed by atoms with Gasteiger partial charge in [0, 0.05) is 0 Å². The first-order valence-corrected chi connectivity index (χ1v) is 6.11. The number of carbonyl (C=O) groups is 1. The van der Waals surface area contributed by atoms with E-state index in [1.54, 1.807) is 13.8 Å². The van der Waals surface area contributed by atoms with E-state index in [-0.39, 0.29) is 13.2 Å². The fourth-order valence-corrected chi connectivity index (χ4v) is 2.59. The van der Waals surface area contributed by atoms with Crippen LogP contribution in [0.2, 0.25) is 0 Å². The van der Waals surface area contributed by atoms with E-state index in [4.69, 9.17) is 32.2 Å². The van der Waals surface area contributed by atoms with Gasteiger partial charge < -0.3 is 9.05 Å². The van der Waals surface area contributed by atoms with Gasteiger partial charge in [-0.05, 0) is 13.8 Å². The average molecular weight is 249 g/mol. The lowest BCUT2D eigenvalue weighted by Crippen LogP contribution is -2.13. The third kappa shape index (κ3) is 3.96. The molecule has 0 saturated carbocycles. The maximum atomic E-state index is 11.6. The molecule has 0 aliphatic heterocycles. The van der Waals surface area contributed by atoms with Crippen LogP contribution >= 0.6 is 30.8 Å². The van der Waals surface area contributed by atoms with Crippen molar-refractivity contribution in [2.45, 2.75) is 18.7 Å². The van der Waals surface area contributed by atoms with Crippen LogP contribution in [0.1, 0.15) is 13.8 Å².